The van der Waals surface area contributed by atoms with Crippen LogP contribution in [0.15, 0.2) is 60.0 Å². The van der Waals surface area contributed by atoms with Gasteiger partial charge in [-0.25, -0.2) is 13.1 Å². The Morgan fingerprint density at radius 2 is 1.86 bits per heavy atom. The number of pyridine rings is 2. The fraction of sp³-hybridized carbons (Fsp3) is 0.0714. The number of hydrogen-bond donors (Lipinski definition) is 1. The summed E-state index contributed by atoms with van der Waals surface area (Å²) >= 11 is 0. The van der Waals surface area contributed by atoms with E-state index in [9.17, 15) is 13.2 Å². The number of nitrogens with zero attached hydrogens (tertiary/aromatic N) is 2. The van der Waals surface area contributed by atoms with Gasteiger partial charge >= 0.3 is 0 Å². The molecule has 108 valence electrons. The van der Waals surface area contributed by atoms with Crippen LogP contribution in [-0.4, -0.2) is 24.3 Å². The van der Waals surface area contributed by atoms with Gasteiger partial charge in [0.15, 0.2) is 0 Å². The first kappa shape index (κ1) is 14.9. The molecular formula is C14H13N3O3S. The van der Waals surface area contributed by atoms with Crippen molar-refractivity contribution in [2.24, 2.45) is 0 Å². The molecule has 0 unspecified atom stereocenters. The van der Waals surface area contributed by atoms with Crippen LogP contribution in [0.25, 0.3) is 5.57 Å². The SMILES string of the molecule is CC(=CC(=O)NS(=O)(=O)c1cccnc1)c1ccncc1. The molecule has 2 aromatic heterocycles. The van der Waals surface area contributed by atoms with Crippen LogP contribution < -0.4 is 4.72 Å². The van der Waals surface area contributed by atoms with Crippen molar-refractivity contribution in [3.05, 3.63) is 60.7 Å². The van der Waals surface area contributed by atoms with Gasteiger partial charge in [0.25, 0.3) is 15.9 Å². The Kier molecular flexibility index (Phi) is 4.44. The van der Waals surface area contributed by atoms with Crippen molar-refractivity contribution in [3.63, 3.8) is 0 Å². The van der Waals surface area contributed by atoms with Crippen molar-refractivity contribution in [1.29, 1.82) is 0 Å². The van der Waals surface area contributed by atoms with Gasteiger partial charge in [-0.2, -0.15) is 0 Å². The summed E-state index contributed by atoms with van der Waals surface area (Å²) in [6.07, 6.45) is 7.04. The maximum absolute atomic E-state index is 11.9. The highest BCUT2D eigenvalue weighted by Gasteiger charge is 2.16. The predicted octanol–water partition coefficient (Wildman–Crippen LogP) is 1.39. The van der Waals surface area contributed by atoms with Gasteiger partial charge in [-0.05, 0) is 42.3 Å². The van der Waals surface area contributed by atoms with Crippen LogP contribution in [0.2, 0.25) is 0 Å². The van der Waals surface area contributed by atoms with Gasteiger partial charge < -0.3 is 0 Å². The molecule has 2 rings (SSSR count). The molecule has 6 nitrogen and oxygen atoms in total. The van der Waals surface area contributed by atoms with Crippen molar-refractivity contribution in [2.45, 2.75) is 11.8 Å². The predicted molar refractivity (Wildman–Crippen MR) is 77.5 cm³/mol. The molecular weight excluding hydrogens is 290 g/mol. The average Bonchev–Trinajstić information content (AvgIpc) is 2.48. The smallest absolute Gasteiger partial charge is 0.265 e. The summed E-state index contributed by atoms with van der Waals surface area (Å²) in [5.41, 5.74) is 1.43. The van der Waals surface area contributed by atoms with Crippen molar-refractivity contribution in [3.8, 4) is 0 Å². The number of carbonyl (C=O) groups is 1. The van der Waals surface area contributed by atoms with Crippen LogP contribution in [0.5, 0.6) is 0 Å². The van der Waals surface area contributed by atoms with Crippen molar-refractivity contribution in [2.75, 3.05) is 0 Å². The summed E-state index contributed by atoms with van der Waals surface area (Å²) in [4.78, 5) is 19.3. The number of rotatable bonds is 4. The normalized spacial score (nSPS) is 12.0. The van der Waals surface area contributed by atoms with Crippen LogP contribution in [0.3, 0.4) is 0 Å². The van der Waals surface area contributed by atoms with Gasteiger partial charge in [-0.3, -0.25) is 14.8 Å². The van der Waals surface area contributed by atoms with Crippen molar-refractivity contribution < 1.29 is 13.2 Å². The van der Waals surface area contributed by atoms with Gasteiger partial charge in [0, 0.05) is 30.9 Å². The number of nitrogens with one attached hydrogen (secondary N) is 1. The molecule has 0 aromatic carbocycles. The van der Waals surface area contributed by atoms with Crippen molar-refractivity contribution >= 4 is 21.5 Å². The van der Waals surface area contributed by atoms with E-state index in [0.717, 1.165) is 5.56 Å². The van der Waals surface area contributed by atoms with E-state index in [4.69, 9.17) is 0 Å². The van der Waals surface area contributed by atoms with E-state index in [-0.39, 0.29) is 4.90 Å². The molecule has 7 heteroatoms. The highest BCUT2D eigenvalue weighted by molar-refractivity contribution is 7.90. The lowest BCUT2D eigenvalue weighted by molar-refractivity contribution is -0.114. The second-order valence-electron chi connectivity index (χ2n) is 4.22. The second-order valence-corrected chi connectivity index (χ2v) is 5.90. The first-order valence-electron chi connectivity index (χ1n) is 6.04. The van der Waals surface area contributed by atoms with Gasteiger partial charge in [-0.1, -0.05) is 0 Å². The summed E-state index contributed by atoms with van der Waals surface area (Å²) in [5, 5.41) is 0. The molecule has 1 N–H and O–H groups in total. The minimum Gasteiger partial charge on any atom is -0.269 e. The fourth-order valence-electron chi connectivity index (χ4n) is 1.62. The fourth-order valence-corrected chi connectivity index (χ4v) is 2.52. The third-order valence-corrected chi connectivity index (χ3v) is 3.99. The zero-order valence-corrected chi connectivity index (χ0v) is 12.0. The second kappa shape index (κ2) is 6.27. The summed E-state index contributed by atoms with van der Waals surface area (Å²) < 4.78 is 25.9. The van der Waals surface area contributed by atoms with E-state index < -0.39 is 15.9 Å². The monoisotopic (exact) mass is 303 g/mol. The van der Waals surface area contributed by atoms with Crippen LogP contribution >= 0.6 is 0 Å². The summed E-state index contributed by atoms with van der Waals surface area (Å²) in [7, 11) is -3.91. The molecule has 2 aromatic rings. The lowest BCUT2D eigenvalue weighted by atomic mass is 10.1. The molecule has 0 saturated heterocycles. The van der Waals surface area contributed by atoms with Crippen LogP contribution in [-0.2, 0) is 14.8 Å². The highest BCUT2D eigenvalue weighted by atomic mass is 32.2. The minimum atomic E-state index is -3.91. The third-order valence-electron chi connectivity index (χ3n) is 2.66. The molecule has 0 aliphatic heterocycles. The van der Waals surface area contributed by atoms with Gasteiger partial charge in [0.2, 0.25) is 0 Å². The van der Waals surface area contributed by atoms with Gasteiger partial charge in [0.05, 0.1) is 0 Å². The molecule has 0 aliphatic rings. The zero-order valence-electron chi connectivity index (χ0n) is 11.2. The Balaban J connectivity index is 2.16. The molecule has 0 atom stereocenters. The Hall–Kier alpha value is -2.54. The molecule has 0 bridgehead atoms. The van der Waals surface area contributed by atoms with Crippen LogP contribution in [0, 0.1) is 0 Å². The summed E-state index contributed by atoms with van der Waals surface area (Å²) in [6, 6.07) is 6.31. The lowest BCUT2D eigenvalue weighted by Crippen LogP contribution is -2.29. The number of sulfonamides is 1. The molecule has 0 spiro atoms. The first-order chi connectivity index (χ1) is 9.99. The Morgan fingerprint density at radius 3 is 2.48 bits per heavy atom. The molecule has 0 fully saturated rings. The number of carbonyl (C=O) groups excluding carboxylic acids is 1. The van der Waals surface area contributed by atoms with Crippen LogP contribution in [0.4, 0.5) is 0 Å². The Morgan fingerprint density at radius 1 is 1.14 bits per heavy atom. The van der Waals surface area contributed by atoms with E-state index in [1.165, 1.54) is 30.6 Å². The standard InChI is InChI=1S/C14H13N3O3S/c1-11(12-4-7-15-8-5-12)9-14(18)17-21(19,20)13-3-2-6-16-10-13/h2-10H,1H3,(H,17,18). The van der Waals surface area contributed by atoms with Gasteiger partial charge in [0.1, 0.15) is 4.90 Å². The molecule has 21 heavy (non-hydrogen) atoms. The number of hydrogen-bond acceptors (Lipinski definition) is 5. The summed E-state index contributed by atoms with van der Waals surface area (Å²) in [6.45, 7) is 1.71. The molecule has 0 aliphatic carbocycles. The quantitative estimate of drug-likeness (QED) is 0.862. The molecule has 2 heterocycles. The van der Waals surface area contributed by atoms with E-state index in [0.29, 0.717) is 5.57 Å². The maximum atomic E-state index is 11.9. The lowest BCUT2D eigenvalue weighted by Gasteiger charge is -2.05. The van der Waals surface area contributed by atoms with Crippen LogP contribution in [0.1, 0.15) is 12.5 Å². The first-order valence-corrected chi connectivity index (χ1v) is 7.53. The largest absolute Gasteiger partial charge is 0.269 e. The highest BCUT2D eigenvalue weighted by Crippen LogP contribution is 2.12. The average molecular weight is 303 g/mol. The maximum Gasteiger partial charge on any atom is 0.265 e. The number of allylic oxidation sites excluding steroid dienone is 1. The third kappa shape index (κ3) is 3.96. The van der Waals surface area contributed by atoms with E-state index in [2.05, 4.69) is 9.97 Å². The van der Waals surface area contributed by atoms with E-state index >= 15 is 0 Å². The number of aromatic nitrogens is 2. The molecule has 0 saturated carbocycles. The van der Waals surface area contributed by atoms with E-state index in [1.807, 2.05) is 4.72 Å². The zero-order chi connectivity index (χ0) is 15.3. The Bertz CT molecular complexity index is 757. The van der Waals surface area contributed by atoms with Crippen molar-refractivity contribution in [1.82, 2.24) is 14.7 Å². The Labute approximate surface area is 122 Å². The molecule has 0 radical (unpaired) electrons. The minimum absolute atomic E-state index is 0.0617. The van der Waals surface area contributed by atoms with Gasteiger partial charge in [-0.15, -0.1) is 0 Å². The van der Waals surface area contributed by atoms with E-state index in [1.54, 1.807) is 31.5 Å². The number of amides is 1. The topological polar surface area (TPSA) is 89.0 Å². The molecule has 1 amide bonds. The summed E-state index contributed by atoms with van der Waals surface area (Å²) in [5.74, 6) is -0.715.